The number of aromatic hydroxyl groups is 2. The molecular formula is C25H38O2. The average Bonchev–Trinajstić information content (AvgIpc) is 2.60. The van der Waals surface area contributed by atoms with E-state index in [0.29, 0.717) is 5.56 Å². The maximum Gasteiger partial charge on any atom is 0.123 e. The van der Waals surface area contributed by atoms with Crippen LogP contribution in [0.3, 0.4) is 0 Å². The molecule has 0 radical (unpaired) electrons. The van der Waals surface area contributed by atoms with E-state index in [9.17, 15) is 10.2 Å². The van der Waals surface area contributed by atoms with Gasteiger partial charge in [0.2, 0.25) is 0 Å². The molecule has 1 aromatic rings. The van der Waals surface area contributed by atoms with Crippen LogP contribution in [0.2, 0.25) is 0 Å². The smallest absolute Gasteiger partial charge is 0.123 e. The van der Waals surface area contributed by atoms with E-state index in [0.717, 1.165) is 36.8 Å². The number of hydrogen-bond donors (Lipinski definition) is 2. The summed E-state index contributed by atoms with van der Waals surface area (Å²) in [4.78, 5) is 0. The molecule has 2 heteroatoms. The summed E-state index contributed by atoms with van der Waals surface area (Å²) < 4.78 is 0. The molecule has 2 N–H and O–H groups in total. The maximum atomic E-state index is 10.7. The molecule has 1 aliphatic rings. The summed E-state index contributed by atoms with van der Waals surface area (Å²) in [5.41, 5.74) is 4.15. The Balaban J connectivity index is 2.03. The molecule has 1 aromatic carbocycles. The summed E-state index contributed by atoms with van der Waals surface area (Å²) in [6, 6.07) is 3.72. The third kappa shape index (κ3) is 6.16. The molecule has 27 heavy (non-hydrogen) atoms. The fourth-order valence-corrected chi connectivity index (χ4v) is 4.36. The van der Waals surface area contributed by atoms with Crippen LogP contribution in [0.15, 0.2) is 35.9 Å². The van der Waals surface area contributed by atoms with Crippen LogP contribution in [0.25, 0.3) is 0 Å². The van der Waals surface area contributed by atoms with Crippen molar-refractivity contribution >= 4 is 0 Å². The van der Waals surface area contributed by atoms with Gasteiger partial charge in [-0.3, -0.25) is 0 Å². The largest absolute Gasteiger partial charge is 0.507 e. The summed E-state index contributed by atoms with van der Waals surface area (Å²) in [7, 11) is 0. The quantitative estimate of drug-likeness (QED) is 0.332. The second kappa shape index (κ2) is 10.6. The summed E-state index contributed by atoms with van der Waals surface area (Å²) >= 11 is 0. The summed E-state index contributed by atoms with van der Waals surface area (Å²) in [5, 5.41) is 21.4. The molecule has 0 saturated carbocycles. The molecule has 0 spiro atoms. The first-order chi connectivity index (χ1) is 12.9. The molecular weight excluding hydrogens is 332 g/mol. The van der Waals surface area contributed by atoms with E-state index in [1.165, 1.54) is 44.1 Å². The molecule has 0 bridgehead atoms. The molecule has 1 aliphatic carbocycles. The zero-order valence-corrected chi connectivity index (χ0v) is 17.6. The average molecular weight is 371 g/mol. The fourth-order valence-electron chi connectivity index (χ4n) is 4.36. The minimum absolute atomic E-state index is 0.0175. The highest BCUT2D eigenvalue weighted by molar-refractivity contribution is 5.51. The van der Waals surface area contributed by atoms with Gasteiger partial charge in [0, 0.05) is 11.5 Å². The normalized spacial score (nSPS) is 19.7. The van der Waals surface area contributed by atoms with Crippen LogP contribution in [-0.4, -0.2) is 10.2 Å². The van der Waals surface area contributed by atoms with Crippen molar-refractivity contribution in [3.8, 4) is 11.5 Å². The van der Waals surface area contributed by atoms with Crippen molar-refractivity contribution in [2.45, 2.75) is 90.9 Å². The van der Waals surface area contributed by atoms with Crippen molar-refractivity contribution in [2.75, 3.05) is 0 Å². The van der Waals surface area contributed by atoms with Crippen LogP contribution in [0, 0.1) is 5.92 Å². The monoisotopic (exact) mass is 370 g/mol. The SMILES string of the molecule is C=C(C)[C@@H]1CCC(C)=C[C@H]1c1c(O)cc(CCCCCCCCC)cc1O. The number of hydrogen-bond acceptors (Lipinski definition) is 2. The molecule has 0 unspecified atom stereocenters. The second-order valence-corrected chi connectivity index (χ2v) is 8.45. The van der Waals surface area contributed by atoms with Gasteiger partial charge in [0.15, 0.2) is 0 Å². The number of benzene rings is 1. The predicted octanol–water partition coefficient (Wildman–Crippen LogP) is 7.41. The van der Waals surface area contributed by atoms with Crippen molar-refractivity contribution in [1.29, 1.82) is 0 Å². The van der Waals surface area contributed by atoms with Gasteiger partial charge in [-0.15, -0.1) is 0 Å². The number of unbranched alkanes of at least 4 members (excludes halogenated alkanes) is 6. The molecule has 0 aromatic heterocycles. The van der Waals surface area contributed by atoms with Gasteiger partial charge in [-0.05, 0) is 63.1 Å². The van der Waals surface area contributed by atoms with Crippen LogP contribution in [-0.2, 0) is 6.42 Å². The molecule has 2 rings (SSSR count). The van der Waals surface area contributed by atoms with Gasteiger partial charge in [-0.2, -0.15) is 0 Å². The Kier molecular flexibility index (Phi) is 8.47. The van der Waals surface area contributed by atoms with Crippen molar-refractivity contribution < 1.29 is 10.2 Å². The molecule has 0 aliphatic heterocycles. The second-order valence-electron chi connectivity index (χ2n) is 8.45. The third-order valence-corrected chi connectivity index (χ3v) is 5.98. The zero-order valence-electron chi connectivity index (χ0n) is 17.6. The Morgan fingerprint density at radius 1 is 1.04 bits per heavy atom. The summed E-state index contributed by atoms with van der Waals surface area (Å²) in [5.74, 6) is 0.758. The van der Waals surface area contributed by atoms with E-state index in [-0.39, 0.29) is 23.3 Å². The van der Waals surface area contributed by atoms with E-state index in [4.69, 9.17) is 0 Å². The van der Waals surface area contributed by atoms with E-state index in [1.54, 1.807) is 0 Å². The van der Waals surface area contributed by atoms with E-state index in [2.05, 4.69) is 33.4 Å². The van der Waals surface area contributed by atoms with Crippen LogP contribution in [0.5, 0.6) is 11.5 Å². The van der Waals surface area contributed by atoms with E-state index >= 15 is 0 Å². The van der Waals surface area contributed by atoms with Crippen LogP contribution in [0.4, 0.5) is 0 Å². The lowest BCUT2D eigenvalue weighted by Gasteiger charge is -2.31. The first kappa shape index (κ1) is 21.6. The Bertz CT molecular complexity index is 633. The lowest BCUT2D eigenvalue weighted by Crippen LogP contribution is -2.17. The molecule has 150 valence electrons. The van der Waals surface area contributed by atoms with Crippen molar-refractivity contribution in [2.24, 2.45) is 5.92 Å². The molecule has 2 atom stereocenters. The van der Waals surface area contributed by atoms with E-state index < -0.39 is 0 Å². The lowest BCUT2D eigenvalue weighted by atomic mass is 9.73. The molecule has 0 saturated heterocycles. The Morgan fingerprint density at radius 3 is 2.22 bits per heavy atom. The van der Waals surface area contributed by atoms with Crippen LogP contribution in [0.1, 0.15) is 95.6 Å². The van der Waals surface area contributed by atoms with Gasteiger partial charge < -0.3 is 10.2 Å². The minimum atomic E-state index is 0.0175. The van der Waals surface area contributed by atoms with Gasteiger partial charge in [-0.1, -0.05) is 69.2 Å². The number of phenolic OH excluding ortho intramolecular Hbond substituents is 2. The third-order valence-electron chi connectivity index (χ3n) is 5.98. The number of allylic oxidation sites excluding steroid dienone is 3. The van der Waals surface area contributed by atoms with Crippen molar-refractivity contribution in [1.82, 2.24) is 0 Å². The van der Waals surface area contributed by atoms with E-state index in [1.807, 2.05) is 12.1 Å². The lowest BCUT2D eigenvalue weighted by molar-refractivity contribution is 0.406. The highest BCUT2D eigenvalue weighted by Crippen LogP contribution is 2.46. The fraction of sp³-hybridized carbons (Fsp3) is 0.600. The maximum absolute atomic E-state index is 10.7. The first-order valence-electron chi connectivity index (χ1n) is 10.8. The van der Waals surface area contributed by atoms with Gasteiger partial charge in [0.05, 0.1) is 0 Å². The van der Waals surface area contributed by atoms with Crippen molar-refractivity contribution in [3.63, 3.8) is 0 Å². The molecule has 0 fully saturated rings. The Labute approximate surface area is 166 Å². The summed E-state index contributed by atoms with van der Waals surface area (Å²) in [6.07, 6.45) is 14.1. The van der Waals surface area contributed by atoms with Crippen LogP contribution >= 0.6 is 0 Å². The predicted molar refractivity (Wildman–Crippen MR) is 116 cm³/mol. The minimum Gasteiger partial charge on any atom is -0.507 e. The number of phenols is 2. The standard InChI is InChI=1S/C25H38O2/c1-5-6-7-8-9-10-11-12-20-16-23(26)25(24(27)17-20)22-15-19(4)13-14-21(22)18(2)3/h15-17,21-22,26-27H,2,5-14H2,1,3-4H3/t21-,22+/m0/s1. The topological polar surface area (TPSA) is 40.5 Å². The Hall–Kier alpha value is -1.70. The highest BCUT2D eigenvalue weighted by Gasteiger charge is 2.30. The van der Waals surface area contributed by atoms with Gasteiger partial charge in [0.25, 0.3) is 0 Å². The molecule has 0 amide bonds. The molecule has 2 nitrogen and oxygen atoms in total. The van der Waals surface area contributed by atoms with Crippen LogP contribution < -0.4 is 0 Å². The van der Waals surface area contributed by atoms with Gasteiger partial charge in [0.1, 0.15) is 11.5 Å². The van der Waals surface area contributed by atoms with Gasteiger partial charge >= 0.3 is 0 Å². The van der Waals surface area contributed by atoms with Crippen molar-refractivity contribution in [3.05, 3.63) is 47.1 Å². The first-order valence-corrected chi connectivity index (χ1v) is 10.8. The Morgan fingerprint density at radius 2 is 1.63 bits per heavy atom. The molecule has 0 heterocycles. The number of rotatable bonds is 10. The highest BCUT2D eigenvalue weighted by atomic mass is 16.3. The summed E-state index contributed by atoms with van der Waals surface area (Å²) in [6.45, 7) is 10.6. The zero-order chi connectivity index (χ0) is 19.8. The van der Waals surface area contributed by atoms with Gasteiger partial charge in [-0.25, -0.2) is 0 Å². The number of aryl methyl sites for hydroxylation is 1.